The van der Waals surface area contributed by atoms with Gasteiger partial charge in [-0.2, -0.15) is 0 Å². The average molecular weight is 368 g/mol. The van der Waals surface area contributed by atoms with Gasteiger partial charge >= 0.3 is 5.69 Å². The Morgan fingerprint density at radius 2 is 2.06 bits per heavy atom. The molecule has 18 heavy (non-hydrogen) atoms. The molecule has 2 unspecified atom stereocenters. The number of hydrogen-bond donors (Lipinski definition) is 4. The minimum Gasteiger partial charge on any atom is -0.396 e. The Labute approximate surface area is 115 Å². The minimum absolute atomic E-state index is 0.260. The van der Waals surface area contributed by atoms with Gasteiger partial charge in [-0.1, -0.05) is 0 Å². The first-order chi connectivity index (χ1) is 8.45. The van der Waals surface area contributed by atoms with Gasteiger partial charge < -0.3 is 15.3 Å². The number of aromatic amines is 1. The van der Waals surface area contributed by atoms with Crippen LogP contribution in [0, 0.1) is 9.49 Å². The fourth-order valence-corrected chi connectivity index (χ4v) is 2.70. The lowest BCUT2D eigenvalue weighted by atomic mass is 10.1. The maximum absolute atomic E-state index is 11.7. The molecule has 1 saturated carbocycles. The highest BCUT2D eigenvalue weighted by Gasteiger charge is 2.42. The lowest BCUT2D eigenvalue weighted by Gasteiger charge is -2.18. The van der Waals surface area contributed by atoms with Crippen molar-refractivity contribution in [3.05, 3.63) is 30.6 Å². The monoisotopic (exact) mass is 368 g/mol. The van der Waals surface area contributed by atoms with Crippen LogP contribution in [0.25, 0.3) is 0 Å². The second kappa shape index (κ2) is 5.11. The van der Waals surface area contributed by atoms with Crippen molar-refractivity contribution >= 4 is 22.6 Å². The van der Waals surface area contributed by atoms with E-state index in [4.69, 9.17) is 5.11 Å². The summed E-state index contributed by atoms with van der Waals surface area (Å²) >= 11 is 1.78. The van der Waals surface area contributed by atoms with Crippen LogP contribution in [0.4, 0.5) is 0 Å². The van der Waals surface area contributed by atoms with E-state index in [2.05, 4.69) is 4.98 Å². The van der Waals surface area contributed by atoms with E-state index in [-0.39, 0.29) is 13.0 Å². The Morgan fingerprint density at radius 3 is 2.61 bits per heavy atom. The number of aromatic nitrogens is 2. The van der Waals surface area contributed by atoms with Crippen molar-refractivity contribution < 1.29 is 15.3 Å². The van der Waals surface area contributed by atoms with Gasteiger partial charge in [-0.25, -0.2) is 4.79 Å². The summed E-state index contributed by atoms with van der Waals surface area (Å²) in [5.41, 5.74) is -1.11. The van der Waals surface area contributed by atoms with Crippen LogP contribution < -0.4 is 11.2 Å². The summed E-state index contributed by atoms with van der Waals surface area (Å²) in [7, 11) is 0. The zero-order valence-electron chi connectivity index (χ0n) is 9.28. The highest BCUT2D eigenvalue weighted by atomic mass is 127. The normalized spacial score (nSPS) is 31.8. The predicted octanol–water partition coefficient (Wildman–Crippen LogP) is -1.58. The van der Waals surface area contributed by atoms with Crippen LogP contribution >= 0.6 is 22.6 Å². The lowest BCUT2D eigenvalue weighted by Crippen LogP contribution is -2.38. The van der Waals surface area contributed by atoms with Crippen molar-refractivity contribution in [3.8, 4) is 0 Å². The molecule has 4 N–H and O–H groups in total. The van der Waals surface area contributed by atoms with Crippen molar-refractivity contribution in [1.82, 2.24) is 9.55 Å². The molecular formula is C10H13IN2O5. The first kappa shape index (κ1) is 13.7. The van der Waals surface area contributed by atoms with Crippen molar-refractivity contribution in [2.24, 2.45) is 5.92 Å². The maximum Gasteiger partial charge on any atom is 0.328 e. The standard InChI is InChI=1S/C10H13IN2O5/c11-5-2-13(10(18)12-9(5)17)6-1-4(3-14)7(15)8(6)16/h2,4,6-8,14-16H,1,3H2,(H,12,17,18)/t4-,6-,7?,8?/m1/s1. The van der Waals surface area contributed by atoms with Crippen LogP contribution in [-0.2, 0) is 0 Å². The summed E-state index contributed by atoms with van der Waals surface area (Å²) in [6.45, 7) is -0.260. The first-order valence-corrected chi connectivity index (χ1v) is 6.51. The largest absolute Gasteiger partial charge is 0.396 e. The molecule has 1 aromatic rings. The van der Waals surface area contributed by atoms with Gasteiger partial charge in [0.1, 0.15) is 6.10 Å². The third-order valence-corrected chi connectivity index (χ3v) is 4.06. The van der Waals surface area contributed by atoms with Crippen molar-refractivity contribution in [2.75, 3.05) is 6.61 Å². The summed E-state index contributed by atoms with van der Waals surface area (Å²) in [6, 6.07) is -0.644. The molecule has 1 aliphatic rings. The molecule has 2 rings (SSSR count). The quantitative estimate of drug-likeness (QED) is 0.470. The molecule has 1 aromatic heterocycles. The zero-order valence-corrected chi connectivity index (χ0v) is 11.4. The van der Waals surface area contributed by atoms with Gasteiger partial charge in [-0.05, 0) is 29.0 Å². The Balaban J connectivity index is 2.42. The molecule has 7 nitrogen and oxygen atoms in total. The van der Waals surface area contributed by atoms with Crippen molar-refractivity contribution in [2.45, 2.75) is 24.7 Å². The molecule has 0 spiro atoms. The third kappa shape index (κ3) is 2.25. The smallest absolute Gasteiger partial charge is 0.328 e. The van der Waals surface area contributed by atoms with Crippen LogP contribution in [-0.4, -0.2) is 43.7 Å². The molecule has 1 aliphatic carbocycles. The number of nitrogens with one attached hydrogen (secondary N) is 1. The van der Waals surface area contributed by atoms with E-state index in [9.17, 15) is 19.8 Å². The van der Waals surface area contributed by atoms with Gasteiger partial charge in [0.25, 0.3) is 5.56 Å². The summed E-state index contributed by atoms with van der Waals surface area (Å²) in [4.78, 5) is 25.1. The molecule has 0 saturated heterocycles. The van der Waals surface area contributed by atoms with E-state index in [0.29, 0.717) is 3.57 Å². The molecule has 0 bridgehead atoms. The van der Waals surface area contributed by atoms with Crippen LogP contribution in [0.15, 0.2) is 15.8 Å². The maximum atomic E-state index is 11.7. The number of halogens is 1. The third-order valence-electron chi connectivity index (χ3n) is 3.29. The van der Waals surface area contributed by atoms with E-state index < -0.39 is 35.4 Å². The van der Waals surface area contributed by atoms with Crippen LogP contribution in [0.2, 0.25) is 0 Å². The Morgan fingerprint density at radius 1 is 1.39 bits per heavy atom. The molecule has 0 amide bonds. The van der Waals surface area contributed by atoms with E-state index in [1.807, 2.05) is 0 Å². The molecular weight excluding hydrogens is 355 g/mol. The Hall–Kier alpha value is -0.710. The summed E-state index contributed by atoms with van der Waals surface area (Å²) < 4.78 is 1.52. The van der Waals surface area contributed by atoms with Crippen molar-refractivity contribution in [1.29, 1.82) is 0 Å². The molecule has 0 aromatic carbocycles. The zero-order chi connectivity index (χ0) is 13.4. The van der Waals surface area contributed by atoms with E-state index in [0.717, 1.165) is 0 Å². The molecule has 0 radical (unpaired) electrons. The summed E-state index contributed by atoms with van der Waals surface area (Å²) in [6.07, 6.45) is -0.582. The number of nitrogens with zero attached hydrogens (tertiary/aromatic N) is 1. The molecule has 4 atom stereocenters. The number of aliphatic hydroxyl groups is 3. The van der Waals surface area contributed by atoms with Gasteiger partial charge in [0.05, 0.1) is 15.7 Å². The van der Waals surface area contributed by atoms with Crippen LogP contribution in [0.1, 0.15) is 12.5 Å². The highest BCUT2D eigenvalue weighted by molar-refractivity contribution is 14.1. The van der Waals surface area contributed by atoms with Crippen LogP contribution in [0.5, 0.6) is 0 Å². The van der Waals surface area contributed by atoms with E-state index >= 15 is 0 Å². The summed E-state index contributed by atoms with van der Waals surface area (Å²) in [5, 5.41) is 28.7. The van der Waals surface area contributed by atoms with Crippen molar-refractivity contribution in [3.63, 3.8) is 0 Å². The second-order valence-electron chi connectivity index (χ2n) is 4.37. The van der Waals surface area contributed by atoms with E-state index in [1.54, 1.807) is 22.6 Å². The van der Waals surface area contributed by atoms with E-state index in [1.165, 1.54) is 10.8 Å². The second-order valence-corrected chi connectivity index (χ2v) is 5.53. The predicted molar refractivity (Wildman–Crippen MR) is 70.3 cm³/mol. The molecule has 100 valence electrons. The highest BCUT2D eigenvalue weighted by Crippen LogP contribution is 2.34. The lowest BCUT2D eigenvalue weighted by molar-refractivity contribution is -0.00458. The van der Waals surface area contributed by atoms with Gasteiger partial charge in [-0.15, -0.1) is 0 Å². The average Bonchev–Trinajstić information content (AvgIpc) is 2.61. The number of H-pyrrole nitrogens is 1. The Bertz CT molecular complexity index is 554. The van der Waals surface area contributed by atoms with Crippen LogP contribution in [0.3, 0.4) is 0 Å². The Kier molecular flexibility index (Phi) is 3.90. The number of aliphatic hydroxyl groups excluding tert-OH is 3. The van der Waals surface area contributed by atoms with Gasteiger partial charge in [0, 0.05) is 18.7 Å². The topological polar surface area (TPSA) is 116 Å². The fourth-order valence-electron chi connectivity index (χ4n) is 2.26. The minimum atomic E-state index is -1.14. The molecule has 8 heteroatoms. The van der Waals surface area contributed by atoms with Gasteiger partial charge in [0.2, 0.25) is 0 Å². The SMILES string of the molecule is O=c1[nH]c(=O)n([C@@H]2C[C@H](CO)C(O)C2O)cc1I. The molecule has 1 heterocycles. The van der Waals surface area contributed by atoms with Gasteiger partial charge in [-0.3, -0.25) is 14.3 Å². The molecule has 1 fully saturated rings. The summed E-state index contributed by atoms with van der Waals surface area (Å²) in [5.74, 6) is -0.471. The number of hydrogen-bond acceptors (Lipinski definition) is 5. The first-order valence-electron chi connectivity index (χ1n) is 5.43. The molecule has 0 aliphatic heterocycles. The number of rotatable bonds is 2. The fraction of sp³-hybridized carbons (Fsp3) is 0.600. The van der Waals surface area contributed by atoms with Gasteiger partial charge in [0.15, 0.2) is 0 Å².